The lowest BCUT2D eigenvalue weighted by atomic mass is 9.79. The molecule has 46 heavy (non-hydrogen) atoms. The van der Waals surface area contributed by atoms with E-state index >= 15 is 0 Å². The third kappa shape index (κ3) is 5.80. The van der Waals surface area contributed by atoms with Gasteiger partial charge in [-0.3, -0.25) is 14.8 Å². The molecule has 2 aliphatic heterocycles. The molecule has 2 fully saturated rings. The lowest BCUT2D eigenvalue weighted by Gasteiger charge is -2.40. The predicted molar refractivity (Wildman–Crippen MR) is 183 cm³/mol. The van der Waals surface area contributed by atoms with Gasteiger partial charge < -0.3 is 10.2 Å². The maximum Gasteiger partial charge on any atom is 0.130 e. The number of likely N-dealkylation sites (tertiary alicyclic amines) is 2. The van der Waals surface area contributed by atoms with Crippen LogP contribution in [0.4, 0.5) is 0 Å². The van der Waals surface area contributed by atoms with Gasteiger partial charge in [-0.25, -0.2) is 0 Å². The van der Waals surface area contributed by atoms with Crippen LogP contribution in [-0.2, 0) is 24.3 Å². The monoisotopic (exact) mass is 609 g/mol. The van der Waals surface area contributed by atoms with E-state index in [1.165, 1.54) is 0 Å². The van der Waals surface area contributed by atoms with Gasteiger partial charge in [-0.2, -0.15) is 0 Å². The van der Waals surface area contributed by atoms with Crippen LogP contribution in [0.25, 0.3) is 0 Å². The molecule has 2 aliphatic rings. The van der Waals surface area contributed by atoms with Crippen molar-refractivity contribution in [3.8, 4) is 0 Å². The number of pyridine rings is 1. The van der Waals surface area contributed by atoms with Crippen molar-refractivity contribution in [3.05, 3.63) is 173 Å². The van der Waals surface area contributed by atoms with Crippen LogP contribution in [0.3, 0.4) is 0 Å². The third-order valence-electron chi connectivity index (χ3n) is 10.1. The second-order valence-electron chi connectivity index (χ2n) is 12.9. The molecule has 0 spiro atoms. The molecule has 0 radical (unpaired) electrons. The van der Waals surface area contributed by atoms with Gasteiger partial charge in [0.05, 0.1) is 11.4 Å². The van der Waals surface area contributed by atoms with Gasteiger partial charge in [-0.05, 0) is 73.2 Å². The minimum atomic E-state index is -1.13. The summed E-state index contributed by atoms with van der Waals surface area (Å²) in [6, 6.07) is 46.6. The lowest BCUT2D eigenvalue weighted by Crippen LogP contribution is -2.48. The van der Waals surface area contributed by atoms with Gasteiger partial charge in [-0.1, -0.05) is 127 Å². The van der Waals surface area contributed by atoms with Crippen molar-refractivity contribution in [1.82, 2.24) is 14.8 Å². The summed E-state index contributed by atoms with van der Waals surface area (Å²) in [6.07, 6.45) is 3.87. The summed E-state index contributed by atoms with van der Waals surface area (Å²) in [7, 11) is 0. The van der Waals surface area contributed by atoms with E-state index in [-0.39, 0.29) is 12.1 Å². The second-order valence-corrected chi connectivity index (χ2v) is 12.9. The summed E-state index contributed by atoms with van der Waals surface area (Å²) < 4.78 is 0. The normalized spacial score (nSPS) is 19.4. The molecule has 5 nitrogen and oxygen atoms in total. The molecule has 1 aromatic heterocycles. The summed E-state index contributed by atoms with van der Waals surface area (Å²) in [4.78, 5) is 10.00. The van der Waals surface area contributed by atoms with Crippen LogP contribution in [0, 0.1) is 0 Å². The first-order valence-corrected chi connectivity index (χ1v) is 16.7. The Balaban J connectivity index is 1.14. The molecular formula is C41H43N3O2. The van der Waals surface area contributed by atoms with Crippen LogP contribution in [-0.4, -0.2) is 50.2 Å². The van der Waals surface area contributed by atoms with Gasteiger partial charge in [0.1, 0.15) is 11.2 Å². The van der Waals surface area contributed by atoms with Crippen LogP contribution in [0.5, 0.6) is 0 Å². The Labute approximate surface area is 272 Å². The fourth-order valence-corrected chi connectivity index (χ4v) is 7.97. The SMILES string of the molecule is OC(c1ccccc1)(c1ccccc1)C1CCCN1Cc1cccc(CN2CCCC2C(O)(c2ccccc2)c2ccccc2)n1. The zero-order chi connectivity index (χ0) is 31.4. The summed E-state index contributed by atoms with van der Waals surface area (Å²) in [5.41, 5.74) is 3.44. The van der Waals surface area contributed by atoms with Crippen molar-refractivity contribution in [1.29, 1.82) is 0 Å². The number of benzene rings is 4. The molecule has 0 aliphatic carbocycles. The fourth-order valence-electron chi connectivity index (χ4n) is 7.97. The molecule has 2 atom stereocenters. The number of nitrogens with zero attached hydrogens (tertiary/aromatic N) is 3. The summed E-state index contributed by atoms with van der Waals surface area (Å²) in [5, 5.41) is 25.1. The molecule has 0 saturated carbocycles. The van der Waals surface area contributed by atoms with Gasteiger partial charge in [0, 0.05) is 25.2 Å². The maximum atomic E-state index is 12.5. The van der Waals surface area contributed by atoms with E-state index in [2.05, 4.69) is 28.0 Å². The zero-order valence-electron chi connectivity index (χ0n) is 26.3. The Morgan fingerprint density at radius 2 is 0.804 bits per heavy atom. The zero-order valence-corrected chi connectivity index (χ0v) is 26.3. The molecule has 234 valence electrons. The van der Waals surface area contributed by atoms with Crippen molar-refractivity contribution in [2.45, 2.75) is 62.1 Å². The van der Waals surface area contributed by atoms with Crippen LogP contribution >= 0.6 is 0 Å². The highest BCUT2D eigenvalue weighted by molar-refractivity contribution is 5.40. The summed E-state index contributed by atoms with van der Waals surface area (Å²) >= 11 is 0. The summed E-state index contributed by atoms with van der Waals surface area (Å²) in [5.74, 6) is 0. The Bertz CT molecular complexity index is 1490. The number of hydrogen-bond donors (Lipinski definition) is 2. The first kappa shape index (κ1) is 30.5. The standard InChI is InChI=1S/C41H43N3O2/c45-40(32-16-5-1-6-17-32,33-18-7-2-8-19-33)38-26-14-28-43(38)30-36-24-13-25-37(42-36)31-44-29-15-27-39(44)41(46,34-20-9-3-10-21-34)35-22-11-4-12-23-35/h1-13,16-25,38-39,45-46H,14-15,26-31H2. The van der Waals surface area contributed by atoms with E-state index in [1.54, 1.807) is 0 Å². The van der Waals surface area contributed by atoms with Crippen LogP contribution in [0.1, 0.15) is 59.3 Å². The lowest BCUT2D eigenvalue weighted by molar-refractivity contribution is -0.00767. The quantitative estimate of drug-likeness (QED) is 0.181. The van der Waals surface area contributed by atoms with Crippen molar-refractivity contribution in [2.75, 3.05) is 13.1 Å². The summed E-state index contributed by atoms with van der Waals surface area (Å²) in [6.45, 7) is 3.16. The highest BCUT2D eigenvalue weighted by Gasteiger charge is 2.46. The van der Waals surface area contributed by atoms with E-state index < -0.39 is 11.2 Å². The van der Waals surface area contributed by atoms with Crippen molar-refractivity contribution >= 4 is 0 Å². The molecule has 2 unspecified atom stereocenters. The van der Waals surface area contributed by atoms with E-state index in [1.807, 2.05) is 121 Å². The van der Waals surface area contributed by atoms with Gasteiger partial charge in [0.2, 0.25) is 0 Å². The van der Waals surface area contributed by atoms with E-state index in [4.69, 9.17) is 4.98 Å². The topological polar surface area (TPSA) is 59.8 Å². The smallest absolute Gasteiger partial charge is 0.130 e. The molecular weight excluding hydrogens is 566 g/mol. The molecule has 3 heterocycles. The number of rotatable bonds is 10. The second kappa shape index (κ2) is 13.3. The molecule has 5 aromatic rings. The first-order valence-electron chi connectivity index (χ1n) is 16.7. The highest BCUT2D eigenvalue weighted by atomic mass is 16.3. The van der Waals surface area contributed by atoms with E-state index in [0.29, 0.717) is 13.1 Å². The molecule has 0 amide bonds. The molecule has 0 bridgehead atoms. The van der Waals surface area contributed by atoms with E-state index in [9.17, 15) is 10.2 Å². The largest absolute Gasteiger partial charge is 0.379 e. The first-order chi connectivity index (χ1) is 22.6. The average molecular weight is 610 g/mol. The minimum Gasteiger partial charge on any atom is -0.379 e. The van der Waals surface area contributed by atoms with Crippen LogP contribution in [0.15, 0.2) is 140 Å². The van der Waals surface area contributed by atoms with Crippen LogP contribution < -0.4 is 0 Å². The van der Waals surface area contributed by atoms with Crippen molar-refractivity contribution in [3.63, 3.8) is 0 Å². The Hall–Kier alpha value is -4.13. The van der Waals surface area contributed by atoms with Gasteiger partial charge in [0.25, 0.3) is 0 Å². The number of aromatic nitrogens is 1. The Morgan fingerprint density at radius 1 is 0.478 bits per heavy atom. The molecule has 2 N–H and O–H groups in total. The molecule has 4 aromatic carbocycles. The predicted octanol–water partition coefficient (Wildman–Crippen LogP) is 6.88. The van der Waals surface area contributed by atoms with Gasteiger partial charge in [0.15, 0.2) is 0 Å². The maximum absolute atomic E-state index is 12.5. The van der Waals surface area contributed by atoms with Gasteiger partial charge in [-0.15, -0.1) is 0 Å². The van der Waals surface area contributed by atoms with Gasteiger partial charge >= 0.3 is 0 Å². The molecule has 2 saturated heterocycles. The third-order valence-corrected chi connectivity index (χ3v) is 10.1. The number of hydrogen-bond acceptors (Lipinski definition) is 5. The Kier molecular flexibility index (Phi) is 8.83. The minimum absolute atomic E-state index is 0.0718. The highest BCUT2D eigenvalue weighted by Crippen LogP contribution is 2.42. The van der Waals surface area contributed by atoms with E-state index in [0.717, 1.165) is 72.4 Å². The average Bonchev–Trinajstić information content (AvgIpc) is 3.79. The van der Waals surface area contributed by atoms with Crippen molar-refractivity contribution < 1.29 is 10.2 Å². The number of aliphatic hydroxyl groups is 2. The Morgan fingerprint density at radius 3 is 1.13 bits per heavy atom. The molecule has 5 heteroatoms. The fraction of sp³-hybridized carbons (Fsp3) is 0.293. The molecule has 7 rings (SSSR count). The van der Waals surface area contributed by atoms with Crippen molar-refractivity contribution in [2.24, 2.45) is 0 Å². The van der Waals surface area contributed by atoms with Crippen LogP contribution in [0.2, 0.25) is 0 Å².